The van der Waals surface area contributed by atoms with Crippen molar-refractivity contribution >= 4 is 6.09 Å². The number of nitrogens with one attached hydrogen (secondary N) is 2. The van der Waals surface area contributed by atoms with Crippen LogP contribution in [0.25, 0.3) is 0 Å². The summed E-state index contributed by atoms with van der Waals surface area (Å²) < 4.78 is 5.17. The molecule has 0 aliphatic carbocycles. The molecule has 1 amide bonds. The van der Waals surface area contributed by atoms with Crippen molar-refractivity contribution in [2.75, 3.05) is 39.3 Å². The molecule has 0 saturated carbocycles. The number of carbonyl (C=O) groups excluding carboxylic acids is 1. The molecule has 5 nitrogen and oxygen atoms in total. The van der Waals surface area contributed by atoms with E-state index in [0.717, 1.165) is 38.6 Å². The molecule has 2 rings (SSSR count). The van der Waals surface area contributed by atoms with Gasteiger partial charge in [0.15, 0.2) is 0 Å². The number of hydrogen-bond donors (Lipinski definition) is 2. The lowest BCUT2D eigenvalue weighted by Crippen LogP contribution is -2.43. The van der Waals surface area contributed by atoms with Gasteiger partial charge in [0.25, 0.3) is 0 Å². The third-order valence-corrected chi connectivity index (χ3v) is 3.50. The second-order valence-corrected chi connectivity index (χ2v) is 4.98. The van der Waals surface area contributed by atoms with E-state index in [1.54, 1.807) is 0 Å². The summed E-state index contributed by atoms with van der Waals surface area (Å²) in [5, 5.41) is 6.12. The maximum atomic E-state index is 10.9. The van der Waals surface area contributed by atoms with E-state index in [4.69, 9.17) is 4.74 Å². The van der Waals surface area contributed by atoms with Crippen molar-refractivity contribution in [3.63, 3.8) is 0 Å². The highest BCUT2D eigenvalue weighted by Gasteiger charge is 2.27. The summed E-state index contributed by atoms with van der Waals surface area (Å²) in [7, 11) is 0. The third-order valence-electron chi connectivity index (χ3n) is 3.50. The molecule has 0 aromatic heterocycles. The van der Waals surface area contributed by atoms with Crippen LogP contribution in [0.5, 0.6) is 0 Å². The summed E-state index contributed by atoms with van der Waals surface area (Å²) in [4.78, 5) is 13.4. The summed E-state index contributed by atoms with van der Waals surface area (Å²) in [6, 6.07) is 0. The van der Waals surface area contributed by atoms with Crippen molar-refractivity contribution in [2.45, 2.75) is 25.9 Å². The van der Waals surface area contributed by atoms with Crippen molar-refractivity contribution in [2.24, 2.45) is 5.92 Å². The molecule has 0 aromatic carbocycles. The molecule has 0 bridgehead atoms. The van der Waals surface area contributed by atoms with Crippen LogP contribution in [-0.2, 0) is 4.74 Å². The van der Waals surface area contributed by atoms with Gasteiger partial charge in [-0.2, -0.15) is 0 Å². The molecule has 0 aromatic rings. The van der Waals surface area contributed by atoms with Gasteiger partial charge in [-0.3, -0.25) is 4.90 Å². The Bertz CT molecular complexity index is 260. The number of nitrogens with zero attached hydrogens (tertiary/aromatic N) is 1. The van der Waals surface area contributed by atoms with E-state index in [1.807, 2.05) is 0 Å². The van der Waals surface area contributed by atoms with Crippen molar-refractivity contribution in [1.29, 1.82) is 0 Å². The summed E-state index contributed by atoms with van der Waals surface area (Å²) in [5.41, 5.74) is 0. The highest BCUT2D eigenvalue weighted by molar-refractivity contribution is 5.69. The Morgan fingerprint density at radius 1 is 1.59 bits per heavy atom. The molecule has 2 atom stereocenters. The normalized spacial score (nSPS) is 30.1. The SMILES string of the molecule is CCNCC1CCCN(CC2CNC(=O)O2)C1. The summed E-state index contributed by atoms with van der Waals surface area (Å²) in [6.07, 6.45) is 2.34. The molecule has 17 heavy (non-hydrogen) atoms. The molecular formula is C12H23N3O2. The van der Waals surface area contributed by atoms with E-state index in [2.05, 4.69) is 22.5 Å². The number of likely N-dealkylation sites (tertiary alicyclic amines) is 1. The zero-order valence-corrected chi connectivity index (χ0v) is 10.6. The number of rotatable bonds is 5. The van der Waals surface area contributed by atoms with Crippen LogP contribution >= 0.6 is 0 Å². The van der Waals surface area contributed by atoms with Crippen LogP contribution in [0.15, 0.2) is 0 Å². The van der Waals surface area contributed by atoms with E-state index >= 15 is 0 Å². The molecule has 2 aliphatic heterocycles. The van der Waals surface area contributed by atoms with E-state index in [-0.39, 0.29) is 12.2 Å². The van der Waals surface area contributed by atoms with Crippen LogP contribution in [0.4, 0.5) is 4.79 Å². The minimum absolute atomic E-state index is 0.0420. The molecule has 2 N–H and O–H groups in total. The molecular weight excluding hydrogens is 218 g/mol. The first-order valence-corrected chi connectivity index (χ1v) is 6.65. The zero-order chi connectivity index (χ0) is 12.1. The standard InChI is InChI=1S/C12H23N3O2/c1-2-13-6-10-4-3-5-15(8-10)9-11-7-14-12(16)17-11/h10-11,13H,2-9H2,1H3,(H,14,16). The zero-order valence-electron chi connectivity index (χ0n) is 10.6. The lowest BCUT2D eigenvalue weighted by Gasteiger charge is -2.33. The monoisotopic (exact) mass is 241 g/mol. The minimum atomic E-state index is -0.267. The summed E-state index contributed by atoms with van der Waals surface area (Å²) in [5.74, 6) is 0.744. The fourth-order valence-electron chi connectivity index (χ4n) is 2.65. The van der Waals surface area contributed by atoms with Gasteiger partial charge in [-0.15, -0.1) is 0 Å². The van der Waals surface area contributed by atoms with E-state index < -0.39 is 0 Å². The predicted molar refractivity (Wildman–Crippen MR) is 66.0 cm³/mol. The van der Waals surface area contributed by atoms with Gasteiger partial charge in [0, 0.05) is 13.1 Å². The van der Waals surface area contributed by atoms with Gasteiger partial charge in [-0.05, 0) is 38.4 Å². The van der Waals surface area contributed by atoms with Crippen molar-refractivity contribution in [3.05, 3.63) is 0 Å². The predicted octanol–water partition coefficient (Wildman–Crippen LogP) is 0.416. The number of cyclic esters (lactones) is 1. The van der Waals surface area contributed by atoms with Crippen LogP contribution in [-0.4, -0.2) is 56.4 Å². The second kappa shape index (κ2) is 6.21. The van der Waals surface area contributed by atoms with E-state index in [0.29, 0.717) is 6.54 Å². The van der Waals surface area contributed by atoms with Gasteiger partial charge < -0.3 is 15.4 Å². The highest BCUT2D eigenvalue weighted by atomic mass is 16.6. The fraction of sp³-hybridized carbons (Fsp3) is 0.917. The van der Waals surface area contributed by atoms with Crippen LogP contribution < -0.4 is 10.6 Å². The lowest BCUT2D eigenvalue weighted by molar-refractivity contribution is 0.0873. The number of amides is 1. The maximum absolute atomic E-state index is 10.9. The number of hydrogen-bond acceptors (Lipinski definition) is 4. The van der Waals surface area contributed by atoms with Gasteiger partial charge in [0.2, 0.25) is 0 Å². The third kappa shape index (κ3) is 3.85. The molecule has 2 heterocycles. The Labute approximate surface area is 103 Å². The van der Waals surface area contributed by atoms with Crippen LogP contribution in [0.3, 0.4) is 0 Å². The smallest absolute Gasteiger partial charge is 0.407 e. The van der Waals surface area contributed by atoms with Crippen molar-refractivity contribution in [1.82, 2.24) is 15.5 Å². The largest absolute Gasteiger partial charge is 0.443 e. The topological polar surface area (TPSA) is 53.6 Å². The molecule has 0 radical (unpaired) electrons. The fourth-order valence-corrected chi connectivity index (χ4v) is 2.65. The Kier molecular flexibility index (Phi) is 4.62. The van der Waals surface area contributed by atoms with Crippen molar-refractivity contribution < 1.29 is 9.53 Å². The first kappa shape index (κ1) is 12.6. The minimum Gasteiger partial charge on any atom is -0.443 e. The molecule has 2 saturated heterocycles. The van der Waals surface area contributed by atoms with Gasteiger partial charge in [0.05, 0.1) is 6.54 Å². The van der Waals surface area contributed by atoms with Gasteiger partial charge in [0.1, 0.15) is 6.10 Å². The first-order chi connectivity index (χ1) is 8.28. The molecule has 0 spiro atoms. The van der Waals surface area contributed by atoms with Crippen LogP contribution in [0.2, 0.25) is 0 Å². The molecule has 5 heteroatoms. The highest BCUT2D eigenvalue weighted by Crippen LogP contribution is 2.16. The Balaban J connectivity index is 1.71. The second-order valence-electron chi connectivity index (χ2n) is 4.98. The molecule has 2 unspecified atom stereocenters. The average Bonchev–Trinajstić information content (AvgIpc) is 2.73. The van der Waals surface area contributed by atoms with Gasteiger partial charge >= 0.3 is 6.09 Å². The quantitative estimate of drug-likeness (QED) is 0.732. The first-order valence-electron chi connectivity index (χ1n) is 6.65. The number of ether oxygens (including phenoxy) is 1. The Morgan fingerprint density at radius 3 is 3.18 bits per heavy atom. The molecule has 2 fully saturated rings. The van der Waals surface area contributed by atoms with Crippen molar-refractivity contribution in [3.8, 4) is 0 Å². The van der Waals surface area contributed by atoms with Crippen LogP contribution in [0, 0.1) is 5.92 Å². The maximum Gasteiger partial charge on any atom is 0.407 e. The Hall–Kier alpha value is -0.810. The number of carbonyl (C=O) groups is 1. The van der Waals surface area contributed by atoms with Gasteiger partial charge in [-0.1, -0.05) is 6.92 Å². The van der Waals surface area contributed by atoms with Crippen LogP contribution in [0.1, 0.15) is 19.8 Å². The number of piperidine rings is 1. The Morgan fingerprint density at radius 2 is 2.47 bits per heavy atom. The number of alkyl carbamates (subject to hydrolysis) is 1. The summed E-state index contributed by atoms with van der Waals surface area (Å²) in [6.45, 7) is 8.09. The average molecular weight is 241 g/mol. The van der Waals surface area contributed by atoms with E-state index in [1.165, 1.54) is 12.8 Å². The molecule has 2 aliphatic rings. The van der Waals surface area contributed by atoms with E-state index in [9.17, 15) is 4.79 Å². The summed E-state index contributed by atoms with van der Waals surface area (Å²) >= 11 is 0. The molecule has 98 valence electrons. The van der Waals surface area contributed by atoms with Gasteiger partial charge in [-0.25, -0.2) is 4.79 Å². The lowest BCUT2D eigenvalue weighted by atomic mass is 9.97.